The highest BCUT2D eigenvalue weighted by atomic mass is 32.1. The molecule has 0 saturated heterocycles. The number of nitrogens with zero attached hydrogens (tertiary/aromatic N) is 2. The third-order valence-electron chi connectivity index (χ3n) is 9.74. The summed E-state index contributed by atoms with van der Waals surface area (Å²) in [7, 11) is 0. The fourth-order valence-corrected chi connectivity index (χ4v) is 8.51. The summed E-state index contributed by atoms with van der Waals surface area (Å²) in [6.07, 6.45) is 0. The summed E-state index contributed by atoms with van der Waals surface area (Å²) in [5.74, 6) is 0. The van der Waals surface area contributed by atoms with Gasteiger partial charge in [0.25, 0.3) is 0 Å². The van der Waals surface area contributed by atoms with Crippen molar-refractivity contribution in [2.75, 3.05) is 4.90 Å². The molecule has 0 fully saturated rings. The quantitative estimate of drug-likeness (QED) is 0.181. The first-order valence-electron chi connectivity index (χ1n) is 16.7. The molecule has 0 atom stereocenters. The standard InChI is InChI=1S/C46H30N2S/c1-3-11-31(12-4-1)32-19-21-36(22-20-32)47(38-24-26-46-42(30-38)39-17-9-10-18-45(39)49-46)37-23-25-43-41(29-37)40-27-33-13-7-8-14-34(33)28-44(40)48(43)35-15-5-2-6-16-35/h1-30H. The molecule has 2 aromatic heterocycles. The predicted molar refractivity (Wildman–Crippen MR) is 211 cm³/mol. The lowest BCUT2D eigenvalue weighted by atomic mass is 10.0. The minimum absolute atomic E-state index is 1.12. The summed E-state index contributed by atoms with van der Waals surface area (Å²) in [5, 5.41) is 7.56. The van der Waals surface area contributed by atoms with Crippen LogP contribution in [0.3, 0.4) is 0 Å². The smallest absolute Gasteiger partial charge is 0.0547 e. The third kappa shape index (κ3) is 4.62. The highest BCUT2D eigenvalue weighted by molar-refractivity contribution is 7.25. The molecular weight excluding hydrogens is 613 g/mol. The Morgan fingerprint density at radius 1 is 0.367 bits per heavy atom. The zero-order valence-corrected chi connectivity index (χ0v) is 27.4. The number of benzene rings is 8. The molecule has 0 unspecified atom stereocenters. The summed E-state index contributed by atoms with van der Waals surface area (Å²) < 4.78 is 5.03. The number of aromatic nitrogens is 1. The summed E-state index contributed by atoms with van der Waals surface area (Å²) in [6, 6.07) is 66.3. The highest BCUT2D eigenvalue weighted by Gasteiger charge is 2.19. The van der Waals surface area contributed by atoms with E-state index in [4.69, 9.17) is 0 Å². The van der Waals surface area contributed by atoms with E-state index in [0.717, 1.165) is 22.7 Å². The van der Waals surface area contributed by atoms with E-state index in [1.54, 1.807) is 0 Å². The largest absolute Gasteiger partial charge is 0.310 e. The van der Waals surface area contributed by atoms with Gasteiger partial charge in [-0.3, -0.25) is 0 Å². The SMILES string of the molecule is c1ccc(-c2ccc(N(c3ccc4sc5ccccc5c4c3)c3ccc4c(c3)c3cc5ccccc5cc3n4-c3ccccc3)cc2)cc1. The summed E-state index contributed by atoms with van der Waals surface area (Å²) in [6.45, 7) is 0. The average Bonchev–Trinajstić information content (AvgIpc) is 3.70. The van der Waals surface area contributed by atoms with Crippen LogP contribution in [-0.2, 0) is 0 Å². The van der Waals surface area contributed by atoms with Crippen LogP contribution in [0.2, 0.25) is 0 Å². The van der Waals surface area contributed by atoms with Gasteiger partial charge < -0.3 is 9.47 Å². The van der Waals surface area contributed by atoms with Crippen molar-refractivity contribution in [2.45, 2.75) is 0 Å². The molecule has 0 bridgehead atoms. The number of hydrogen-bond acceptors (Lipinski definition) is 2. The van der Waals surface area contributed by atoms with Gasteiger partial charge in [0.2, 0.25) is 0 Å². The normalized spacial score (nSPS) is 11.7. The zero-order valence-electron chi connectivity index (χ0n) is 26.6. The van der Waals surface area contributed by atoms with Crippen LogP contribution in [0.15, 0.2) is 182 Å². The van der Waals surface area contributed by atoms with Gasteiger partial charge in [-0.2, -0.15) is 0 Å². The molecule has 49 heavy (non-hydrogen) atoms. The van der Waals surface area contributed by atoms with Crippen molar-refractivity contribution in [1.29, 1.82) is 0 Å². The third-order valence-corrected chi connectivity index (χ3v) is 10.9. The van der Waals surface area contributed by atoms with Gasteiger partial charge in [0, 0.05) is 53.7 Å². The van der Waals surface area contributed by atoms with Crippen molar-refractivity contribution < 1.29 is 0 Å². The van der Waals surface area contributed by atoms with Crippen molar-refractivity contribution in [3.63, 3.8) is 0 Å². The number of fused-ring (bicyclic) bond motifs is 7. The Hall–Kier alpha value is -6.16. The maximum Gasteiger partial charge on any atom is 0.0547 e. The van der Waals surface area contributed by atoms with E-state index in [0.29, 0.717) is 0 Å². The van der Waals surface area contributed by atoms with Gasteiger partial charge in [0.05, 0.1) is 11.0 Å². The fourth-order valence-electron chi connectivity index (χ4n) is 7.42. The number of thiophene rings is 1. The van der Waals surface area contributed by atoms with E-state index in [1.165, 1.54) is 63.9 Å². The van der Waals surface area contributed by atoms with Crippen LogP contribution in [0.1, 0.15) is 0 Å². The number of anilines is 3. The lowest BCUT2D eigenvalue weighted by Gasteiger charge is -2.26. The van der Waals surface area contributed by atoms with E-state index in [9.17, 15) is 0 Å². The van der Waals surface area contributed by atoms with E-state index in [1.807, 2.05) is 11.3 Å². The van der Waals surface area contributed by atoms with Crippen molar-refractivity contribution >= 4 is 81.1 Å². The van der Waals surface area contributed by atoms with Gasteiger partial charge in [-0.1, -0.05) is 103 Å². The average molecular weight is 643 g/mol. The molecule has 0 N–H and O–H groups in total. The fraction of sp³-hybridized carbons (Fsp3) is 0. The molecule has 10 aromatic rings. The molecule has 0 aliphatic carbocycles. The molecule has 0 radical (unpaired) electrons. The Labute approximate surface area is 288 Å². The summed E-state index contributed by atoms with van der Waals surface area (Å²) in [5.41, 5.74) is 9.37. The molecule has 8 aromatic carbocycles. The maximum atomic E-state index is 2.41. The second-order valence-electron chi connectivity index (χ2n) is 12.6. The Kier molecular flexibility index (Phi) is 6.39. The lowest BCUT2D eigenvalue weighted by molar-refractivity contribution is 1.18. The molecule has 0 spiro atoms. The molecular formula is C46H30N2S. The van der Waals surface area contributed by atoms with Gasteiger partial charge in [-0.25, -0.2) is 0 Å². The molecule has 0 aliphatic rings. The minimum Gasteiger partial charge on any atom is -0.310 e. The van der Waals surface area contributed by atoms with Gasteiger partial charge in [-0.05, 0) is 101 Å². The van der Waals surface area contributed by atoms with E-state index in [-0.39, 0.29) is 0 Å². The van der Waals surface area contributed by atoms with E-state index < -0.39 is 0 Å². The van der Waals surface area contributed by atoms with Crippen LogP contribution in [0.25, 0.3) is 69.6 Å². The molecule has 230 valence electrons. The van der Waals surface area contributed by atoms with Crippen LogP contribution in [0.5, 0.6) is 0 Å². The Morgan fingerprint density at radius 2 is 0.939 bits per heavy atom. The van der Waals surface area contributed by atoms with Gasteiger partial charge in [-0.15, -0.1) is 11.3 Å². The topological polar surface area (TPSA) is 8.17 Å². The van der Waals surface area contributed by atoms with Crippen molar-refractivity contribution in [3.05, 3.63) is 182 Å². The molecule has 0 aliphatic heterocycles. The van der Waals surface area contributed by atoms with Crippen LogP contribution in [0, 0.1) is 0 Å². The molecule has 0 saturated carbocycles. The van der Waals surface area contributed by atoms with Crippen LogP contribution >= 0.6 is 11.3 Å². The molecule has 2 nitrogen and oxygen atoms in total. The predicted octanol–water partition coefficient (Wildman–Crippen LogP) is 13.4. The first-order chi connectivity index (χ1) is 24.3. The summed E-state index contributed by atoms with van der Waals surface area (Å²) >= 11 is 1.86. The summed E-state index contributed by atoms with van der Waals surface area (Å²) in [4.78, 5) is 2.41. The van der Waals surface area contributed by atoms with Crippen molar-refractivity contribution in [3.8, 4) is 16.8 Å². The van der Waals surface area contributed by atoms with Gasteiger partial charge in [0.15, 0.2) is 0 Å². The zero-order chi connectivity index (χ0) is 32.3. The lowest BCUT2D eigenvalue weighted by Crippen LogP contribution is -2.09. The highest BCUT2D eigenvalue weighted by Crippen LogP contribution is 2.43. The second kappa shape index (κ2) is 11.2. The monoisotopic (exact) mass is 642 g/mol. The second-order valence-corrected chi connectivity index (χ2v) is 13.7. The molecule has 10 rings (SSSR count). The van der Waals surface area contributed by atoms with Crippen molar-refractivity contribution in [1.82, 2.24) is 4.57 Å². The van der Waals surface area contributed by atoms with Crippen LogP contribution in [-0.4, -0.2) is 4.57 Å². The number of para-hydroxylation sites is 1. The number of rotatable bonds is 5. The Balaban J connectivity index is 1.22. The number of hydrogen-bond donors (Lipinski definition) is 0. The first-order valence-corrected chi connectivity index (χ1v) is 17.5. The Morgan fingerprint density at radius 3 is 1.73 bits per heavy atom. The van der Waals surface area contributed by atoms with E-state index in [2.05, 4.69) is 191 Å². The van der Waals surface area contributed by atoms with Crippen LogP contribution < -0.4 is 4.90 Å². The van der Waals surface area contributed by atoms with E-state index >= 15 is 0 Å². The molecule has 3 heteroatoms. The van der Waals surface area contributed by atoms with Crippen molar-refractivity contribution in [2.24, 2.45) is 0 Å². The van der Waals surface area contributed by atoms with Gasteiger partial charge >= 0.3 is 0 Å². The van der Waals surface area contributed by atoms with Gasteiger partial charge in [0.1, 0.15) is 0 Å². The maximum absolute atomic E-state index is 2.41. The Bertz CT molecular complexity index is 2810. The van der Waals surface area contributed by atoms with Crippen LogP contribution in [0.4, 0.5) is 17.1 Å². The first kappa shape index (κ1) is 27.9. The molecule has 0 amide bonds. The minimum atomic E-state index is 1.12. The molecule has 2 heterocycles.